The van der Waals surface area contributed by atoms with E-state index >= 15 is 0 Å². The van der Waals surface area contributed by atoms with Gasteiger partial charge in [-0.2, -0.15) is 0 Å². The molecule has 0 heterocycles. The van der Waals surface area contributed by atoms with Crippen LogP contribution in [-0.2, 0) is 10.0 Å². The zero-order chi connectivity index (χ0) is 17.9. The van der Waals surface area contributed by atoms with E-state index in [1.807, 2.05) is 0 Å². The Bertz CT molecular complexity index is 869. The predicted octanol–water partition coefficient (Wildman–Crippen LogP) is 3.53. The maximum Gasteiger partial charge on any atom is 0.255 e. The zero-order valence-corrected chi connectivity index (χ0v) is 15.4. The van der Waals surface area contributed by atoms with Crippen LogP contribution in [-0.4, -0.2) is 20.4 Å². The van der Waals surface area contributed by atoms with Gasteiger partial charge < -0.3 is 5.32 Å². The van der Waals surface area contributed by atoms with E-state index in [0.717, 1.165) is 0 Å². The molecule has 0 fully saturated rings. The quantitative estimate of drug-likeness (QED) is 0.785. The second kappa shape index (κ2) is 7.42. The molecule has 0 aliphatic carbocycles. The number of hydrogen-bond acceptors (Lipinski definition) is 3. The highest BCUT2D eigenvalue weighted by Gasteiger charge is 2.17. The average Bonchev–Trinajstić information content (AvgIpc) is 2.49. The first-order chi connectivity index (χ1) is 11.2. The molecule has 0 bridgehead atoms. The maximum atomic E-state index is 13.8. The number of benzene rings is 2. The Morgan fingerprint density at radius 1 is 1.17 bits per heavy atom. The van der Waals surface area contributed by atoms with Crippen molar-refractivity contribution >= 4 is 37.5 Å². The largest absolute Gasteiger partial charge is 0.319 e. The summed E-state index contributed by atoms with van der Waals surface area (Å²) < 4.78 is 41.1. The van der Waals surface area contributed by atoms with Crippen LogP contribution in [0.15, 0.2) is 51.8 Å². The molecule has 2 aromatic carbocycles. The van der Waals surface area contributed by atoms with Crippen LogP contribution >= 0.6 is 15.9 Å². The summed E-state index contributed by atoms with van der Waals surface area (Å²) in [5.74, 6) is -1.19. The van der Waals surface area contributed by atoms with Crippen molar-refractivity contribution in [1.29, 1.82) is 0 Å². The van der Waals surface area contributed by atoms with Gasteiger partial charge in [0.2, 0.25) is 10.0 Å². The van der Waals surface area contributed by atoms with Gasteiger partial charge >= 0.3 is 0 Å². The van der Waals surface area contributed by atoms with Crippen LogP contribution in [0, 0.1) is 5.82 Å². The van der Waals surface area contributed by atoms with E-state index in [1.165, 1.54) is 36.4 Å². The molecule has 2 N–H and O–H groups in total. The lowest BCUT2D eigenvalue weighted by Gasteiger charge is -2.11. The Morgan fingerprint density at radius 2 is 1.88 bits per heavy atom. The summed E-state index contributed by atoms with van der Waals surface area (Å²) in [7, 11) is -3.71. The van der Waals surface area contributed by atoms with E-state index in [-0.39, 0.29) is 22.2 Å². The minimum Gasteiger partial charge on any atom is -0.319 e. The standard InChI is InChI=1S/C16H16BrFN2O3S/c1-10(2)20-24(22,23)13-5-3-4-11(8-13)16(21)19-15-7-6-12(17)9-14(15)18/h3-10,20H,1-2H3,(H,19,21). The van der Waals surface area contributed by atoms with Gasteiger partial charge in [-0.3, -0.25) is 4.79 Å². The van der Waals surface area contributed by atoms with Crippen molar-refractivity contribution < 1.29 is 17.6 Å². The van der Waals surface area contributed by atoms with Crippen LogP contribution in [0.25, 0.3) is 0 Å². The second-order valence-electron chi connectivity index (χ2n) is 5.38. The SMILES string of the molecule is CC(C)NS(=O)(=O)c1cccc(C(=O)Nc2ccc(Br)cc2F)c1. The molecule has 0 saturated carbocycles. The lowest BCUT2D eigenvalue weighted by molar-refractivity contribution is 0.102. The van der Waals surface area contributed by atoms with E-state index < -0.39 is 21.7 Å². The second-order valence-corrected chi connectivity index (χ2v) is 8.01. The minimum atomic E-state index is -3.71. The van der Waals surface area contributed by atoms with Gasteiger partial charge in [-0.15, -0.1) is 0 Å². The van der Waals surface area contributed by atoms with Crippen LogP contribution in [0.5, 0.6) is 0 Å². The summed E-state index contributed by atoms with van der Waals surface area (Å²) in [4.78, 5) is 12.2. The Hall–Kier alpha value is -1.77. The van der Waals surface area contributed by atoms with Gasteiger partial charge in [-0.1, -0.05) is 22.0 Å². The fourth-order valence-electron chi connectivity index (χ4n) is 1.97. The number of amides is 1. The Morgan fingerprint density at radius 3 is 2.50 bits per heavy atom. The molecule has 24 heavy (non-hydrogen) atoms. The normalized spacial score (nSPS) is 11.5. The van der Waals surface area contributed by atoms with Gasteiger partial charge in [-0.05, 0) is 50.2 Å². The summed E-state index contributed by atoms with van der Waals surface area (Å²) in [6.07, 6.45) is 0. The van der Waals surface area contributed by atoms with Gasteiger partial charge in [-0.25, -0.2) is 17.5 Å². The van der Waals surface area contributed by atoms with Crippen molar-refractivity contribution in [2.24, 2.45) is 0 Å². The molecule has 0 saturated heterocycles. The van der Waals surface area contributed by atoms with E-state index in [9.17, 15) is 17.6 Å². The number of hydrogen-bond donors (Lipinski definition) is 2. The predicted molar refractivity (Wildman–Crippen MR) is 94.0 cm³/mol. The van der Waals surface area contributed by atoms with E-state index in [0.29, 0.717) is 4.47 Å². The lowest BCUT2D eigenvalue weighted by atomic mass is 10.2. The molecule has 1 amide bonds. The molecular formula is C16H16BrFN2O3S. The fourth-order valence-corrected chi connectivity index (χ4v) is 3.60. The number of anilines is 1. The number of carbonyl (C=O) groups excluding carboxylic acids is 1. The van der Waals surface area contributed by atoms with Crippen LogP contribution in [0.4, 0.5) is 10.1 Å². The smallest absolute Gasteiger partial charge is 0.255 e. The Labute approximate surface area is 148 Å². The molecule has 0 aliphatic rings. The first-order valence-corrected chi connectivity index (χ1v) is 9.35. The molecule has 0 aliphatic heterocycles. The van der Waals surface area contributed by atoms with E-state index in [4.69, 9.17) is 0 Å². The van der Waals surface area contributed by atoms with Gasteiger partial charge in [0.05, 0.1) is 10.6 Å². The molecule has 0 spiro atoms. The summed E-state index contributed by atoms with van der Waals surface area (Å²) in [6.45, 7) is 3.40. The summed E-state index contributed by atoms with van der Waals surface area (Å²) in [5.41, 5.74) is 0.126. The Kier molecular flexibility index (Phi) is 5.74. The van der Waals surface area contributed by atoms with E-state index in [2.05, 4.69) is 26.0 Å². The van der Waals surface area contributed by atoms with Crippen molar-refractivity contribution in [3.05, 3.63) is 58.3 Å². The lowest BCUT2D eigenvalue weighted by Crippen LogP contribution is -2.30. The molecule has 8 heteroatoms. The highest BCUT2D eigenvalue weighted by Crippen LogP contribution is 2.20. The molecule has 2 rings (SSSR count). The number of nitrogens with one attached hydrogen (secondary N) is 2. The van der Waals surface area contributed by atoms with Crippen molar-refractivity contribution in [3.8, 4) is 0 Å². The summed E-state index contributed by atoms with van der Waals surface area (Å²) >= 11 is 3.13. The number of halogens is 2. The maximum absolute atomic E-state index is 13.8. The van der Waals surface area contributed by atoms with E-state index in [1.54, 1.807) is 19.9 Å². The van der Waals surface area contributed by atoms with Crippen LogP contribution in [0.2, 0.25) is 0 Å². The van der Waals surface area contributed by atoms with Crippen LogP contribution < -0.4 is 10.0 Å². The van der Waals surface area contributed by atoms with Crippen LogP contribution in [0.3, 0.4) is 0 Å². The molecule has 128 valence electrons. The van der Waals surface area contributed by atoms with Crippen molar-refractivity contribution in [3.63, 3.8) is 0 Å². The third-order valence-electron chi connectivity index (χ3n) is 2.98. The molecule has 5 nitrogen and oxygen atoms in total. The highest BCUT2D eigenvalue weighted by atomic mass is 79.9. The zero-order valence-electron chi connectivity index (χ0n) is 13.0. The van der Waals surface area contributed by atoms with Crippen LogP contribution in [0.1, 0.15) is 24.2 Å². The summed E-state index contributed by atoms with van der Waals surface area (Å²) in [6, 6.07) is 9.51. The van der Waals surface area contributed by atoms with Crippen molar-refractivity contribution in [2.75, 3.05) is 5.32 Å². The molecule has 0 radical (unpaired) electrons. The molecule has 2 aromatic rings. The number of sulfonamides is 1. The van der Waals surface area contributed by atoms with Gasteiger partial charge in [0.25, 0.3) is 5.91 Å². The topological polar surface area (TPSA) is 75.3 Å². The van der Waals surface area contributed by atoms with Gasteiger partial charge in [0.1, 0.15) is 5.82 Å². The first kappa shape index (κ1) is 18.6. The number of rotatable bonds is 5. The van der Waals surface area contributed by atoms with Crippen molar-refractivity contribution in [1.82, 2.24) is 4.72 Å². The fraction of sp³-hybridized carbons (Fsp3) is 0.188. The molecule has 0 unspecified atom stereocenters. The van der Waals surface area contributed by atoms with Gasteiger partial charge in [0, 0.05) is 16.1 Å². The third kappa shape index (κ3) is 4.62. The van der Waals surface area contributed by atoms with Gasteiger partial charge in [0.15, 0.2) is 0 Å². The third-order valence-corrected chi connectivity index (χ3v) is 5.13. The first-order valence-electron chi connectivity index (χ1n) is 7.08. The Balaban J connectivity index is 2.26. The molecular weight excluding hydrogens is 399 g/mol. The molecule has 0 atom stereocenters. The molecule has 0 aromatic heterocycles. The van der Waals surface area contributed by atoms with Crippen molar-refractivity contribution in [2.45, 2.75) is 24.8 Å². The minimum absolute atomic E-state index is 0.0109. The summed E-state index contributed by atoms with van der Waals surface area (Å²) in [5, 5.41) is 2.42. The average molecular weight is 415 g/mol. The number of carbonyl (C=O) groups is 1. The monoisotopic (exact) mass is 414 g/mol. The highest BCUT2D eigenvalue weighted by molar-refractivity contribution is 9.10.